The maximum atomic E-state index is 13.2. The van der Waals surface area contributed by atoms with Gasteiger partial charge in [-0.1, -0.05) is 39.4 Å². The third-order valence-electron chi connectivity index (χ3n) is 5.47. The Hall–Kier alpha value is -1.50. The largest absolute Gasteiger partial charge is 0.487 e. The van der Waals surface area contributed by atoms with Crippen molar-refractivity contribution in [3.8, 4) is 5.75 Å². The maximum absolute atomic E-state index is 13.2. The standard InChI is InChI=1S/C25H17BrI2N2O2S/c1-13-7-20-21(8-14(13)2)30-24(31)22(33-25(30)29-20)11-16-9-18(27)23(19(28)10-16)32-12-15-3-5-17(26)6-4-15/h3-11H,12H2,1-2H3/b22-11-. The van der Waals surface area contributed by atoms with Crippen molar-refractivity contribution in [1.29, 1.82) is 0 Å². The molecule has 5 rings (SSSR count). The van der Waals surface area contributed by atoms with Crippen LogP contribution >= 0.6 is 72.4 Å². The van der Waals surface area contributed by atoms with Crippen LogP contribution in [-0.2, 0) is 6.61 Å². The van der Waals surface area contributed by atoms with Crippen molar-refractivity contribution in [2.75, 3.05) is 0 Å². The fourth-order valence-electron chi connectivity index (χ4n) is 3.61. The number of aryl methyl sites for hydroxylation is 2. The summed E-state index contributed by atoms with van der Waals surface area (Å²) in [6.07, 6.45) is 1.94. The predicted molar refractivity (Wildman–Crippen MR) is 155 cm³/mol. The molecule has 33 heavy (non-hydrogen) atoms. The van der Waals surface area contributed by atoms with Crippen LogP contribution < -0.4 is 14.8 Å². The van der Waals surface area contributed by atoms with Crippen molar-refractivity contribution < 1.29 is 4.74 Å². The Balaban J connectivity index is 1.50. The molecule has 0 amide bonds. The van der Waals surface area contributed by atoms with Gasteiger partial charge in [-0.2, -0.15) is 0 Å². The van der Waals surface area contributed by atoms with Crippen molar-refractivity contribution in [2.24, 2.45) is 0 Å². The second-order valence-corrected chi connectivity index (χ2v) is 12.0. The minimum Gasteiger partial charge on any atom is -0.487 e. The molecule has 0 atom stereocenters. The number of hydrogen-bond acceptors (Lipinski definition) is 4. The number of benzene rings is 3. The lowest BCUT2D eigenvalue weighted by molar-refractivity contribution is 0.301. The second kappa shape index (κ2) is 9.27. The van der Waals surface area contributed by atoms with E-state index in [2.05, 4.69) is 79.9 Å². The highest BCUT2D eigenvalue weighted by molar-refractivity contribution is 14.1. The predicted octanol–water partition coefficient (Wildman–Crippen LogP) is 6.62. The molecule has 0 bridgehead atoms. The number of nitrogens with zero attached hydrogens (tertiary/aromatic N) is 2. The average Bonchev–Trinajstić information content (AvgIpc) is 3.25. The first kappa shape index (κ1) is 23.3. The molecule has 0 N–H and O–H groups in total. The van der Waals surface area contributed by atoms with Crippen LogP contribution in [0.25, 0.3) is 22.1 Å². The molecule has 5 aromatic rings. The maximum Gasteiger partial charge on any atom is 0.274 e. The topological polar surface area (TPSA) is 43.6 Å². The van der Waals surface area contributed by atoms with E-state index in [9.17, 15) is 4.79 Å². The highest BCUT2D eigenvalue weighted by atomic mass is 127. The number of rotatable bonds is 4. The van der Waals surface area contributed by atoms with Crippen LogP contribution in [0, 0.1) is 21.0 Å². The van der Waals surface area contributed by atoms with Crippen LogP contribution in [0.2, 0.25) is 0 Å². The molecular formula is C25H17BrI2N2O2S. The zero-order valence-corrected chi connectivity index (χ0v) is 24.4. The number of ether oxygens (including phenoxy) is 1. The lowest BCUT2D eigenvalue weighted by Crippen LogP contribution is -2.22. The van der Waals surface area contributed by atoms with Crippen molar-refractivity contribution in [1.82, 2.24) is 9.38 Å². The van der Waals surface area contributed by atoms with E-state index < -0.39 is 0 Å². The highest BCUT2D eigenvalue weighted by Gasteiger charge is 2.13. The van der Waals surface area contributed by atoms with Crippen molar-refractivity contribution in [3.05, 3.63) is 97.3 Å². The zero-order valence-electron chi connectivity index (χ0n) is 17.7. The third kappa shape index (κ3) is 4.59. The van der Waals surface area contributed by atoms with Gasteiger partial charge in [0.15, 0.2) is 4.96 Å². The first-order valence-corrected chi connectivity index (χ1v) is 13.9. The molecule has 0 radical (unpaired) electrons. The van der Waals surface area contributed by atoms with E-state index in [1.165, 1.54) is 16.9 Å². The van der Waals surface area contributed by atoms with E-state index in [0.717, 1.165) is 50.0 Å². The van der Waals surface area contributed by atoms with E-state index in [1.54, 1.807) is 4.40 Å². The molecule has 0 saturated carbocycles. The van der Waals surface area contributed by atoms with Gasteiger partial charge in [0.2, 0.25) is 0 Å². The molecule has 0 aliphatic carbocycles. The Kier molecular flexibility index (Phi) is 6.53. The highest BCUT2D eigenvalue weighted by Crippen LogP contribution is 2.30. The summed E-state index contributed by atoms with van der Waals surface area (Å²) >= 11 is 9.47. The van der Waals surface area contributed by atoms with Gasteiger partial charge in [-0.25, -0.2) is 9.38 Å². The van der Waals surface area contributed by atoms with E-state index in [-0.39, 0.29) is 5.56 Å². The van der Waals surface area contributed by atoms with Gasteiger partial charge >= 0.3 is 0 Å². The number of aromatic nitrogens is 2. The Bertz CT molecular complexity index is 1620. The quantitative estimate of drug-likeness (QED) is 0.195. The van der Waals surface area contributed by atoms with Crippen molar-refractivity contribution in [2.45, 2.75) is 20.5 Å². The van der Waals surface area contributed by atoms with Gasteiger partial charge < -0.3 is 4.74 Å². The monoisotopic (exact) mass is 742 g/mol. The molecule has 0 saturated heterocycles. The summed E-state index contributed by atoms with van der Waals surface area (Å²) in [6, 6.07) is 16.3. The number of halogens is 3. The fraction of sp³-hybridized carbons (Fsp3) is 0.120. The lowest BCUT2D eigenvalue weighted by Gasteiger charge is -2.11. The minimum absolute atomic E-state index is 0.0265. The van der Waals surface area contributed by atoms with Gasteiger partial charge in [-0.15, -0.1) is 0 Å². The summed E-state index contributed by atoms with van der Waals surface area (Å²) in [6.45, 7) is 4.62. The van der Waals surface area contributed by atoms with E-state index >= 15 is 0 Å². The third-order valence-corrected chi connectivity index (χ3v) is 8.57. The molecule has 0 spiro atoms. The second-order valence-electron chi connectivity index (χ2n) is 7.80. The molecule has 3 aromatic carbocycles. The molecule has 4 nitrogen and oxygen atoms in total. The van der Waals surface area contributed by atoms with Crippen LogP contribution in [0.1, 0.15) is 22.3 Å². The van der Waals surface area contributed by atoms with Gasteiger partial charge in [-0.3, -0.25) is 4.79 Å². The summed E-state index contributed by atoms with van der Waals surface area (Å²) in [4.78, 5) is 18.6. The Morgan fingerprint density at radius 1 is 1.06 bits per heavy atom. The molecule has 0 unspecified atom stereocenters. The summed E-state index contributed by atoms with van der Waals surface area (Å²) in [7, 11) is 0. The molecule has 0 fully saturated rings. The summed E-state index contributed by atoms with van der Waals surface area (Å²) < 4.78 is 11.6. The number of fused-ring (bicyclic) bond motifs is 3. The van der Waals surface area contributed by atoms with Crippen LogP contribution in [0.3, 0.4) is 0 Å². The van der Waals surface area contributed by atoms with Crippen LogP contribution in [-0.4, -0.2) is 9.38 Å². The van der Waals surface area contributed by atoms with Gasteiger partial charge in [0, 0.05) is 4.47 Å². The lowest BCUT2D eigenvalue weighted by atomic mass is 10.1. The van der Waals surface area contributed by atoms with Gasteiger partial charge in [0.1, 0.15) is 12.4 Å². The minimum atomic E-state index is -0.0265. The summed E-state index contributed by atoms with van der Waals surface area (Å²) in [5, 5.41) is 0. The molecule has 166 valence electrons. The van der Waals surface area contributed by atoms with Crippen molar-refractivity contribution in [3.63, 3.8) is 0 Å². The first-order valence-electron chi connectivity index (χ1n) is 10.1. The molecular weight excluding hydrogens is 726 g/mol. The Labute approximate surface area is 230 Å². The SMILES string of the molecule is Cc1cc2nc3s/c(=C\c4cc(I)c(OCc5ccc(Br)cc5)c(I)c4)c(=O)n3c2cc1C. The van der Waals surface area contributed by atoms with Crippen LogP contribution in [0.5, 0.6) is 5.75 Å². The van der Waals surface area contributed by atoms with Crippen molar-refractivity contribution >= 4 is 94.5 Å². The smallest absolute Gasteiger partial charge is 0.274 e. The van der Waals surface area contributed by atoms with Crippen LogP contribution in [0.15, 0.2) is 57.8 Å². The Morgan fingerprint density at radius 3 is 2.42 bits per heavy atom. The summed E-state index contributed by atoms with van der Waals surface area (Å²) in [5.74, 6) is 0.858. The molecule has 0 aliphatic rings. The van der Waals surface area contributed by atoms with E-state index in [4.69, 9.17) is 4.74 Å². The first-order chi connectivity index (χ1) is 15.8. The van der Waals surface area contributed by atoms with E-state index in [1.807, 2.05) is 54.6 Å². The number of thiazole rings is 1. The summed E-state index contributed by atoms with van der Waals surface area (Å²) in [5.41, 5.74) is 6.12. The molecule has 2 heterocycles. The molecule has 8 heteroatoms. The van der Waals surface area contributed by atoms with Gasteiger partial charge in [0.25, 0.3) is 5.56 Å². The van der Waals surface area contributed by atoms with Crippen LogP contribution in [0.4, 0.5) is 0 Å². The number of hydrogen-bond donors (Lipinski definition) is 0. The normalized spacial score (nSPS) is 12.2. The average molecular weight is 743 g/mol. The fourth-order valence-corrected chi connectivity index (χ4v) is 6.99. The Morgan fingerprint density at radius 2 is 1.73 bits per heavy atom. The molecule has 0 aliphatic heterocycles. The number of imidazole rings is 1. The van der Waals surface area contributed by atoms with Gasteiger partial charge in [-0.05, 0) is 124 Å². The van der Waals surface area contributed by atoms with E-state index in [0.29, 0.717) is 11.1 Å². The zero-order chi connectivity index (χ0) is 23.3. The van der Waals surface area contributed by atoms with Gasteiger partial charge in [0.05, 0.1) is 22.7 Å². The molecule has 2 aromatic heterocycles.